The van der Waals surface area contributed by atoms with Crippen LogP contribution in [0.1, 0.15) is 28.1 Å². The van der Waals surface area contributed by atoms with Gasteiger partial charge in [-0.3, -0.25) is 9.59 Å². The first-order valence-electron chi connectivity index (χ1n) is 9.55. The van der Waals surface area contributed by atoms with Crippen LogP contribution in [0.25, 0.3) is 0 Å². The molecule has 6 nitrogen and oxygen atoms in total. The molecule has 0 heterocycles. The van der Waals surface area contributed by atoms with Gasteiger partial charge >= 0.3 is 5.97 Å². The van der Waals surface area contributed by atoms with Gasteiger partial charge in [-0.05, 0) is 35.9 Å². The van der Waals surface area contributed by atoms with E-state index in [-0.39, 0.29) is 17.4 Å². The Morgan fingerprint density at radius 1 is 0.871 bits per heavy atom. The molecule has 0 aromatic heterocycles. The SMILES string of the molecule is COC(=O)c1ccccc1NC(=O)C(Sc1cccc(NC(C)=O)c1)c1ccccc1. The largest absolute Gasteiger partial charge is 0.465 e. The molecule has 0 saturated carbocycles. The van der Waals surface area contributed by atoms with E-state index in [1.165, 1.54) is 25.8 Å². The molecular weight excluding hydrogens is 412 g/mol. The van der Waals surface area contributed by atoms with Gasteiger partial charge in [0.25, 0.3) is 0 Å². The molecule has 2 N–H and O–H groups in total. The van der Waals surface area contributed by atoms with E-state index in [4.69, 9.17) is 4.74 Å². The summed E-state index contributed by atoms with van der Waals surface area (Å²) in [4.78, 5) is 37.5. The van der Waals surface area contributed by atoms with Crippen LogP contribution < -0.4 is 10.6 Å². The number of hydrogen-bond donors (Lipinski definition) is 2. The van der Waals surface area contributed by atoms with Crippen molar-refractivity contribution in [1.29, 1.82) is 0 Å². The predicted molar refractivity (Wildman–Crippen MR) is 122 cm³/mol. The number of benzene rings is 3. The van der Waals surface area contributed by atoms with Crippen molar-refractivity contribution >= 4 is 40.9 Å². The zero-order valence-electron chi connectivity index (χ0n) is 17.1. The van der Waals surface area contributed by atoms with Crippen molar-refractivity contribution in [3.05, 3.63) is 90.0 Å². The highest BCUT2D eigenvalue weighted by atomic mass is 32.2. The molecule has 1 unspecified atom stereocenters. The number of amides is 2. The average Bonchev–Trinajstić information content (AvgIpc) is 2.77. The number of rotatable bonds is 7. The van der Waals surface area contributed by atoms with E-state index in [9.17, 15) is 14.4 Å². The quantitative estimate of drug-likeness (QED) is 0.408. The highest BCUT2D eigenvalue weighted by molar-refractivity contribution is 8.00. The van der Waals surface area contributed by atoms with Gasteiger partial charge in [-0.1, -0.05) is 48.5 Å². The summed E-state index contributed by atoms with van der Waals surface area (Å²) in [6.45, 7) is 1.44. The molecule has 0 fully saturated rings. The smallest absolute Gasteiger partial charge is 0.339 e. The molecule has 158 valence electrons. The van der Waals surface area contributed by atoms with Crippen molar-refractivity contribution in [2.24, 2.45) is 0 Å². The van der Waals surface area contributed by atoms with Crippen molar-refractivity contribution in [2.45, 2.75) is 17.1 Å². The van der Waals surface area contributed by atoms with E-state index >= 15 is 0 Å². The van der Waals surface area contributed by atoms with Crippen LogP contribution in [0.15, 0.2) is 83.8 Å². The minimum Gasteiger partial charge on any atom is -0.465 e. The van der Waals surface area contributed by atoms with Crippen molar-refractivity contribution in [2.75, 3.05) is 17.7 Å². The van der Waals surface area contributed by atoms with Gasteiger partial charge in [-0.2, -0.15) is 0 Å². The van der Waals surface area contributed by atoms with Gasteiger partial charge in [0, 0.05) is 17.5 Å². The number of anilines is 2. The molecule has 0 spiro atoms. The lowest BCUT2D eigenvalue weighted by Crippen LogP contribution is -2.20. The highest BCUT2D eigenvalue weighted by Crippen LogP contribution is 2.37. The molecular formula is C24H22N2O4S. The Kier molecular flexibility index (Phi) is 7.45. The summed E-state index contributed by atoms with van der Waals surface area (Å²) in [6.07, 6.45) is 0. The molecule has 0 bridgehead atoms. The molecule has 3 aromatic carbocycles. The van der Waals surface area contributed by atoms with Gasteiger partial charge in [-0.25, -0.2) is 4.79 Å². The number of carbonyl (C=O) groups is 3. The number of nitrogens with one attached hydrogen (secondary N) is 2. The van der Waals surface area contributed by atoms with Gasteiger partial charge < -0.3 is 15.4 Å². The Morgan fingerprint density at radius 2 is 1.58 bits per heavy atom. The first-order valence-corrected chi connectivity index (χ1v) is 10.4. The maximum Gasteiger partial charge on any atom is 0.339 e. The third-order valence-electron chi connectivity index (χ3n) is 4.34. The molecule has 31 heavy (non-hydrogen) atoms. The van der Waals surface area contributed by atoms with E-state index < -0.39 is 11.2 Å². The van der Waals surface area contributed by atoms with E-state index in [0.29, 0.717) is 11.4 Å². The number of hydrogen-bond acceptors (Lipinski definition) is 5. The van der Waals surface area contributed by atoms with Crippen molar-refractivity contribution in [1.82, 2.24) is 0 Å². The van der Waals surface area contributed by atoms with E-state index in [2.05, 4.69) is 10.6 Å². The molecule has 0 aliphatic rings. The van der Waals surface area contributed by atoms with Crippen LogP contribution in [0.4, 0.5) is 11.4 Å². The number of methoxy groups -OCH3 is 1. The molecule has 0 radical (unpaired) electrons. The van der Waals surface area contributed by atoms with Gasteiger partial charge in [-0.15, -0.1) is 11.8 Å². The number of esters is 1. The molecule has 0 aliphatic heterocycles. The normalized spacial score (nSPS) is 11.3. The second-order valence-corrected chi connectivity index (χ2v) is 7.82. The summed E-state index contributed by atoms with van der Waals surface area (Å²) in [5.74, 6) is -0.973. The third-order valence-corrected chi connectivity index (χ3v) is 5.59. The van der Waals surface area contributed by atoms with Crippen LogP contribution in [0.2, 0.25) is 0 Å². The van der Waals surface area contributed by atoms with E-state index in [1.54, 1.807) is 30.3 Å². The lowest BCUT2D eigenvalue weighted by molar-refractivity contribution is -0.116. The summed E-state index contributed by atoms with van der Waals surface area (Å²) in [5, 5.41) is 5.03. The van der Waals surface area contributed by atoms with Crippen LogP contribution in [-0.2, 0) is 14.3 Å². The van der Waals surface area contributed by atoms with Crippen LogP contribution >= 0.6 is 11.8 Å². The maximum absolute atomic E-state index is 13.3. The van der Waals surface area contributed by atoms with E-state index in [0.717, 1.165) is 10.5 Å². The Bertz CT molecular complexity index is 1090. The zero-order chi connectivity index (χ0) is 22.2. The zero-order valence-corrected chi connectivity index (χ0v) is 17.9. The fourth-order valence-corrected chi connectivity index (χ4v) is 4.05. The minimum atomic E-state index is -0.584. The fourth-order valence-electron chi connectivity index (χ4n) is 2.97. The molecule has 0 saturated heterocycles. The number of ether oxygens (including phenoxy) is 1. The van der Waals surface area contributed by atoms with Crippen molar-refractivity contribution in [3.8, 4) is 0 Å². The average molecular weight is 435 g/mol. The van der Waals surface area contributed by atoms with Gasteiger partial charge in [0.2, 0.25) is 11.8 Å². The molecule has 0 aliphatic carbocycles. The number of para-hydroxylation sites is 1. The van der Waals surface area contributed by atoms with Gasteiger partial charge in [0.15, 0.2) is 0 Å². The van der Waals surface area contributed by atoms with Crippen LogP contribution in [0, 0.1) is 0 Å². The minimum absolute atomic E-state index is 0.168. The highest BCUT2D eigenvalue weighted by Gasteiger charge is 2.24. The Morgan fingerprint density at radius 3 is 2.29 bits per heavy atom. The summed E-state index contributed by atoms with van der Waals surface area (Å²) >= 11 is 1.35. The molecule has 3 aromatic rings. The Labute approximate surface area is 185 Å². The lowest BCUT2D eigenvalue weighted by atomic mass is 10.1. The molecule has 1 atom stereocenters. The van der Waals surface area contributed by atoms with Crippen molar-refractivity contribution in [3.63, 3.8) is 0 Å². The van der Waals surface area contributed by atoms with Crippen LogP contribution in [-0.4, -0.2) is 24.9 Å². The Balaban J connectivity index is 1.90. The summed E-state index contributed by atoms with van der Waals surface area (Å²) in [5.41, 5.74) is 2.13. The third kappa shape index (κ3) is 5.96. The summed E-state index contributed by atoms with van der Waals surface area (Å²) < 4.78 is 4.81. The van der Waals surface area contributed by atoms with Crippen LogP contribution in [0.3, 0.4) is 0 Å². The molecule has 7 heteroatoms. The second kappa shape index (κ2) is 10.4. The standard InChI is InChI=1S/C24H22N2O4S/c1-16(27)25-18-11-8-12-19(15-18)31-22(17-9-4-3-5-10-17)23(28)26-21-14-7-6-13-20(21)24(29)30-2/h3-15,22H,1-2H3,(H,25,27)(H,26,28). The monoisotopic (exact) mass is 434 g/mol. The number of thioether (sulfide) groups is 1. The predicted octanol–water partition coefficient (Wildman–Crippen LogP) is 4.90. The maximum atomic E-state index is 13.3. The lowest BCUT2D eigenvalue weighted by Gasteiger charge is -2.18. The fraction of sp³-hybridized carbons (Fsp3) is 0.125. The summed E-state index contributed by atoms with van der Waals surface area (Å²) in [6, 6.07) is 23.4. The number of carbonyl (C=O) groups excluding carboxylic acids is 3. The topological polar surface area (TPSA) is 84.5 Å². The molecule has 3 rings (SSSR count). The van der Waals surface area contributed by atoms with Gasteiger partial charge in [0.1, 0.15) is 5.25 Å². The first kappa shape index (κ1) is 22.1. The van der Waals surface area contributed by atoms with E-state index in [1.807, 2.05) is 48.5 Å². The van der Waals surface area contributed by atoms with Gasteiger partial charge in [0.05, 0.1) is 18.4 Å². The Hall–Kier alpha value is -3.58. The second-order valence-electron chi connectivity index (χ2n) is 6.64. The van der Waals surface area contributed by atoms with Crippen LogP contribution in [0.5, 0.6) is 0 Å². The van der Waals surface area contributed by atoms with Crippen molar-refractivity contribution < 1.29 is 19.1 Å². The first-order chi connectivity index (χ1) is 15.0. The molecule has 2 amide bonds. The summed E-state index contributed by atoms with van der Waals surface area (Å²) in [7, 11) is 1.30.